The fourth-order valence-electron chi connectivity index (χ4n) is 3.98. The molecule has 0 spiro atoms. The highest BCUT2D eigenvalue weighted by molar-refractivity contribution is 7.93. The van der Waals surface area contributed by atoms with Gasteiger partial charge in [-0.25, -0.2) is 8.42 Å². The maximum absolute atomic E-state index is 12.9. The second kappa shape index (κ2) is 6.39. The first-order chi connectivity index (χ1) is 12.3. The maximum Gasteiger partial charge on any atom is 0.262 e. The van der Waals surface area contributed by atoms with E-state index in [4.69, 9.17) is 5.73 Å². The number of hydrogen-bond acceptors (Lipinski definition) is 4. The number of aryl methyl sites for hydroxylation is 2. The standard InChI is InChI=1S/C19H22N2O3S2/c1-11-5-8-15-16(9-11)25-19(17(15)18(20)22)21-26(23,24)14-7-6-12-3-2-4-13(12)10-14/h6-7,10-11,21H,2-5,8-9H2,1H3,(H2,20,22)/t11-/m0/s1. The summed E-state index contributed by atoms with van der Waals surface area (Å²) in [6.45, 7) is 2.17. The van der Waals surface area contributed by atoms with Crippen LogP contribution in [0, 0.1) is 5.92 Å². The predicted octanol–water partition coefficient (Wildman–Crippen LogP) is 3.26. The van der Waals surface area contributed by atoms with E-state index in [1.165, 1.54) is 16.9 Å². The van der Waals surface area contributed by atoms with Gasteiger partial charge < -0.3 is 5.73 Å². The van der Waals surface area contributed by atoms with Crippen molar-refractivity contribution in [3.8, 4) is 0 Å². The number of anilines is 1. The van der Waals surface area contributed by atoms with Crippen molar-refractivity contribution in [1.29, 1.82) is 0 Å². The number of hydrogen-bond donors (Lipinski definition) is 2. The molecule has 0 aliphatic heterocycles. The van der Waals surface area contributed by atoms with E-state index in [2.05, 4.69) is 11.6 Å². The Bertz CT molecular complexity index is 992. The van der Waals surface area contributed by atoms with E-state index < -0.39 is 15.9 Å². The molecule has 0 bridgehead atoms. The zero-order chi connectivity index (χ0) is 18.5. The number of sulfonamides is 1. The Labute approximate surface area is 157 Å². The molecule has 0 saturated heterocycles. The zero-order valence-corrected chi connectivity index (χ0v) is 16.3. The third kappa shape index (κ3) is 3.03. The molecular weight excluding hydrogens is 368 g/mol. The topological polar surface area (TPSA) is 89.3 Å². The Morgan fingerprint density at radius 2 is 2.00 bits per heavy atom. The number of carbonyl (C=O) groups is 1. The van der Waals surface area contributed by atoms with Gasteiger partial charge in [0.2, 0.25) is 0 Å². The molecule has 0 saturated carbocycles. The number of rotatable bonds is 4. The van der Waals surface area contributed by atoms with Crippen LogP contribution in [0.15, 0.2) is 23.1 Å². The lowest BCUT2D eigenvalue weighted by Crippen LogP contribution is -2.19. The van der Waals surface area contributed by atoms with Crippen molar-refractivity contribution in [1.82, 2.24) is 0 Å². The fourth-order valence-corrected chi connectivity index (χ4v) is 6.75. The second-order valence-electron chi connectivity index (χ2n) is 7.31. The van der Waals surface area contributed by atoms with Gasteiger partial charge in [0.1, 0.15) is 5.00 Å². The zero-order valence-electron chi connectivity index (χ0n) is 14.7. The van der Waals surface area contributed by atoms with Crippen LogP contribution in [0.5, 0.6) is 0 Å². The van der Waals surface area contributed by atoms with Gasteiger partial charge in [-0.15, -0.1) is 11.3 Å². The molecule has 1 aromatic carbocycles. The van der Waals surface area contributed by atoms with E-state index in [0.29, 0.717) is 16.5 Å². The molecule has 7 heteroatoms. The molecule has 1 heterocycles. The summed E-state index contributed by atoms with van der Waals surface area (Å²) in [4.78, 5) is 13.3. The lowest BCUT2D eigenvalue weighted by Gasteiger charge is -2.18. The van der Waals surface area contributed by atoms with Gasteiger partial charge in [0, 0.05) is 4.88 Å². The molecule has 2 aliphatic carbocycles. The summed E-state index contributed by atoms with van der Waals surface area (Å²) in [6, 6.07) is 5.29. The van der Waals surface area contributed by atoms with Gasteiger partial charge in [-0.05, 0) is 73.3 Å². The third-order valence-corrected chi connectivity index (χ3v) is 8.01. The van der Waals surface area contributed by atoms with Crippen molar-refractivity contribution >= 4 is 32.3 Å². The molecule has 2 aromatic rings. The second-order valence-corrected chi connectivity index (χ2v) is 10.1. The van der Waals surface area contributed by atoms with Gasteiger partial charge in [0.05, 0.1) is 10.5 Å². The van der Waals surface area contributed by atoms with Crippen LogP contribution in [0.25, 0.3) is 0 Å². The number of primary amides is 1. The van der Waals surface area contributed by atoms with Crippen LogP contribution in [0.1, 0.15) is 51.7 Å². The predicted molar refractivity (Wildman–Crippen MR) is 103 cm³/mol. The Hall–Kier alpha value is -1.86. The molecule has 0 radical (unpaired) electrons. The summed E-state index contributed by atoms with van der Waals surface area (Å²) < 4.78 is 28.4. The number of carbonyl (C=O) groups excluding carboxylic acids is 1. The van der Waals surface area contributed by atoms with Crippen LogP contribution in [0.3, 0.4) is 0 Å². The minimum atomic E-state index is -3.75. The smallest absolute Gasteiger partial charge is 0.262 e. The summed E-state index contributed by atoms with van der Waals surface area (Å²) in [6.07, 6.45) is 5.60. The monoisotopic (exact) mass is 390 g/mol. The van der Waals surface area contributed by atoms with Gasteiger partial charge >= 0.3 is 0 Å². The number of nitrogens with two attached hydrogens (primary N) is 1. The molecule has 26 heavy (non-hydrogen) atoms. The summed E-state index contributed by atoms with van der Waals surface area (Å²) in [7, 11) is -3.75. The quantitative estimate of drug-likeness (QED) is 0.840. The largest absolute Gasteiger partial charge is 0.365 e. The fraction of sp³-hybridized carbons (Fsp3) is 0.421. The molecular formula is C19H22N2O3S2. The first-order valence-corrected chi connectivity index (χ1v) is 11.2. The normalized spacial score (nSPS) is 19.0. The van der Waals surface area contributed by atoms with Crippen LogP contribution < -0.4 is 10.5 Å². The first-order valence-electron chi connectivity index (χ1n) is 8.94. The number of nitrogens with one attached hydrogen (secondary N) is 1. The minimum absolute atomic E-state index is 0.244. The summed E-state index contributed by atoms with van der Waals surface area (Å²) in [5.74, 6) is -0.0354. The molecule has 5 nitrogen and oxygen atoms in total. The summed E-state index contributed by atoms with van der Waals surface area (Å²) >= 11 is 1.35. The maximum atomic E-state index is 12.9. The average molecular weight is 391 g/mol. The molecule has 0 unspecified atom stereocenters. The van der Waals surface area contributed by atoms with Crippen molar-refractivity contribution in [3.63, 3.8) is 0 Å². The van der Waals surface area contributed by atoms with Crippen molar-refractivity contribution in [2.45, 2.75) is 50.3 Å². The van der Waals surface area contributed by atoms with E-state index >= 15 is 0 Å². The molecule has 138 valence electrons. The lowest BCUT2D eigenvalue weighted by molar-refractivity contribution is 0.100. The third-order valence-electron chi connectivity index (χ3n) is 5.37. The van der Waals surface area contributed by atoms with Crippen molar-refractivity contribution in [3.05, 3.63) is 45.3 Å². The number of thiophene rings is 1. The molecule has 4 rings (SSSR count). The highest BCUT2D eigenvalue weighted by Crippen LogP contribution is 2.40. The molecule has 2 aliphatic rings. The van der Waals surface area contributed by atoms with Gasteiger partial charge in [0.15, 0.2) is 0 Å². The highest BCUT2D eigenvalue weighted by atomic mass is 32.2. The Morgan fingerprint density at radius 3 is 2.77 bits per heavy atom. The molecule has 1 aromatic heterocycles. The SMILES string of the molecule is C[C@H]1CCc2c(sc(NS(=O)(=O)c3ccc4c(c3)CCC4)c2C(N)=O)C1. The van der Waals surface area contributed by atoms with E-state index in [-0.39, 0.29) is 4.90 Å². The molecule has 1 atom stereocenters. The van der Waals surface area contributed by atoms with Crippen molar-refractivity contribution in [2.75, 3.05) is 4.72 Å². The van der Waals surface area contributed by atoms with Crippen LogP contribution in [-0.4, -0.2) is 14.3 Å². The lowest BCUT2D eigenvalue weighted by atomic mass is 9.88. The highest BCUT2D eigenvalue weighted by Gasteiger charge is 2.29. The van der Waals surface area contributed by atoms with Gasteiger partial charge in [0.25, 0.3) is 15.9 Å². The van der Waals surface area contributed by atoms with Crippen LogP contribution >= 0.6 is 11.3 Å². The Morgan fingerprint density at radius 1 is 1.23 bits per heavy atom. The molecule has 0 fully saturated rings. The van der Waals surface area contributed by atoms with Crippen LogP contribution in [0.4, 0.5) is 5.00 Å². The van der Waals surface area contributed by atoms with Crippen LogP contribution in [-0.2, 0) is 35.7 Å². The average Bonchev–Trinajstić information content (AvgIpc) is 3.16. The Balaban J connectivity index is 1.71. The van der Waals surface area contributed by atoms with E-state index in [0.717, 1.165) is 54.5 Å². The number of fused-ring (bicyclic) bond motifs is 2. The van der Waals surface area contributed by atoms with E-state index in [1.807, 2.05) is 6.07 Å². The Kier molecular flexibility index (Phi) is 4.31. The summed E-state index contributed by atoms with van der Waals surface area (Å²) in [5, 5.41) is 0.358. The first kappa shape index (κ1) is 17.5. The number of benzene rings is 1. The van der Waals surface area contributed by atoms with E-state index in [1.54, 1.807) is 12.1 Å². The van der Waals surface area contributed by atoms with Gasteiger partial charge in [-0.3, -0.25) is 9.52 Å². The van der Waals surface area contributed by atoms with Gasteiger partial charge in [-0.2, -0.15) is 0 Å². The van der Waals surface area contributed by atoms with Crippen molar-refractivity contribution < 1.29 is 13.2 Å². The van der Waals surface area contributed by atoms with Crippen molar-refractivity contribution in [2.24, 2.45) is 11.7 Å². The van der Waals surface area contributed by atoms with E-state index in [9.17, 15) is 13.2 Å². The summed E-state index contributed by atoms with van der Waals surface area (Å²) in [5.41, 5.74) is 9.18. The van der Waals surface area contributed by atoms with Gasteiger partial charge in [-0.1, -0.05) is 13.0 Å². The minimum Gasteiger partial charge on any atom is -0.365 e. The van der Waals surface area contributed by atoms with Crippen LogP contribution in [0.2, 0.25) is 0 Å². The molecule has 3 N–H and O–H groups in total. The molecule has 1 amide bonds. The number of amides is 1.